The molecule has 0 aliphatic carbocycles. The molecule has 3 aromatic rings. The maximum Gasteiger partial charge on any atom is 0.337 e. The number of carboxylic acids is 1. The minimum absolute atomic E-state index is 0.161. The Kier molecular flexibility index (Phi) is 2.68. The van der Waals surface area contributed by atoms with Gasteiger partial charge in [-0.3, -0.25) is 4.98 Å². The van der Waals surface area contributed by atoms with Gasteiger partial charge in [-0.25, -0.2) is 14.5 Å². The van der Waals surface area contributed by atoms with Crippen LogP contribution in [0.3, 0.4) is 0 Å². The van der Waals surface area contributed by atoms with Crippen molar-refractivity contribution in [3.8, 4) is 0 Å². The van der Waals surface area contributed by atoms with E-state index in [-0.39, 0.29) is 5.56 Å². The van der Waals surface area contributed by atoms with E-state index in [1.807, 2.05) is 12.1 Å². The number of rotatable bonds is 3. The monoisotopic (exact) mass is 254 g/mol. The van der Waals surface area contributed by atoms with Crippen molar-refractivity contribution < 1.29 is 9.90 Å². The van der Waals surface area contributed by atoms with E-state index < -0.39 is 5.97 Å². The molecule has 6 nitrogen and oxygen atoms in total. The van der Waals surface area contributed by atoms with Gasteiger partial charge in [0.05, 0.1) is 18.3 Å². The van der Waals surface area contributed by atoms with E-state index in [9.17, 15) is 4.79 Å². The Morgan fingerprint density at radius 1 is 1.32 bits per heavy atom. The van der Waals surface area contributed by atoms with Crippen molar-refractivity contribution in [3.05, 3.63) is 54.1 Å². The van der Waals surface area contributed by atoms with Crippen LogP contribution in [-0.4, -0.2) is 30.8 Å². The minimum atomic E-state index is -0.991. The molecule has 0 unspecified atom stereocenters. The average molecular weight is 254 g/mol. The molecule has 0 spiro atoms. The summed E-state index contributed by atoms with van der Waals surface area (Å²) in [5.74, 6) is -0.991. The largest absolute Gasteiger partial charge is 0.478 e. The molecular formula is C13H10N4O2. The summed E-state index contributed by atoms with van der Waals surface area (Å²) >= 11 is 0. The Morgan fingerprint density at radius 2 is 2.21 bits per heavy atom. The van der Waals surface area contributed by atoms with Gasteiger partial charge in [-0.15, -0.1) is 0 Å². The highest BCUT2D eigenvalue weighted by atomic mass is 16.4. The SMILES string of the molecule is O=C(O)c1cnc2c(cnn2Cc2cccnc2)c1. The number of pyridine rings is 2. The highest BCUT2D eigenvalue weighted by Gasteiger charge is 2.09. The zero-order valence-electron chi connectivity index (χ0n) is 9.89. The van der Waals surface area contributed by atoms with E-state index in [1.54, 1.807) is 29.3 Å². The summed E-state index contributed by atoms with van der Waals surface area (Å²) in [5.41, 5.74) is 1.83. The van der Waals surface area contributed by atoms with Gasteiger partial charge in [0, 0.05) is 24.0 Å². The fourth-order valence-electron chi connectivity index (χ4n) is 1.87. The van der Waals surface area contributed by atoms with Gasteiger partial charge in [0.1, 0.15) is 0 Å². The fourth-order valence-corrected chi connectivity index (χ4v) is 1.87. The van der Waals surface area contributed by atoms with Crippen molar-refractivity contribution in [1.82, 2.24) is 19.7 Å². The molecule has 0 aliphatic rings. The van der Waals surface area contributed by atoms with Crippen LogP contribution in [0.4, 0.5) is 0 Å². The Hall–Kier alpha value is -2.76. The maximum absolute atomic E-state index is 10.9. The summed E-state index contributed by atoms with van der Waals surface area (Å²) in [6.07, 6.45) is 6.43. The van der Waals surface area contributed by atoms with Crippen molar-refractivity contribution in [2.45, 2.75) is 6.54 Å². The number of hydrogen-bond donors (Lipinski definition) is 1. The predicted molar refractivity (Wildman–Crippen MR) is 67.8 cm³/mol. The molecule has 0 saturated heterocycles. The second-order valence-electron chi connectivity index (χ2n) is 4.11. The summed E-state index contributed by atoms with van der Waals surface area (Å²) < 4.78 is 1.72. The van der Waals surface area contributed by atoms with Gasteiger partial charge in [-0.1, -0.05) is 6.07 Å². The van der Waals surface area contributed by atoms with Crippen LogP contribution in [0.25, 0.3) is 11.0 Å². The van der Waals surface area contributed by atoms with Gasteiger partial charge in [0.25, 0.3) is 0 Å². The molecule has 0 amide bonds. The minimum Gasteiger partial charge on any atom is -0.478 e. The number of carbonyl (C=O) groups is 1. The highest BCUT2D eigenvalue weighted by Crippen LogP contribution is 2.14. The molecule has 3 rings (SSSR count). The van der Waals surface area contributed by atoms with Gasteiger partial charge >= 0.3 is 5.97 Å². The zero-order chi connectivity index (χ0) is 13.2. The smallest absolute Gasteiger partial charge is 0.337 e. The standard InChI is InChI=1S/C13H10N4O2/c18-13(19)11-4-10-7-16-17(12(10)15-6-11)8-9-2-1-3-14-5-9/h1-7H,8H2,(H,18,19). The molecule has 0 radical (unpaired) electrons. The molecular weight excluding hydrogens is 244 g/mol. The Labute approximate surface area is 108 Å². The third-order valence-corrected chi connectivity index (χ3v) is 2.78. The lowest BCUT2D eigenvalue weighted by Gasteiger charge is -2.02. The van der Waals surface area contributed by atoms with E-state index in [1.165, 1.54) is 6.20 Å². The zero-order valence-corrected chi connectivity index (χ0v) is 9.89. The van der Waals surface area contributed by atoms with Crippen molar-refractivity contribution in [3.63, 3.8) is 0 Å². The molecule has 1 N–H and O–H groups in total. The lowest BCUT2D eigenvalue weighted by Crippen LogP contribution is -2.03. The number of fused-ring (bicyclic) bond motifs is 1. The predicted octanol–water partition coefficient (Wildman–Crippen LogP) is 1.57. The van der Waals surface area contributed by atoms with Gasteiger partial charge < -0.3 is 5.11 Å². The Balaban J connectivity index is 1.99. The second kappa shape index (κ2) is 4.49. The van der Waals surface area contributed by atoms with Crippen molar-refractivity contribution in [2.24, 2.45) is 0 Å². The summed E-state index contributed by atoms with van der Waals surface area (Å²) in [5, 5.41) is 13.8. The van der Waals surface area contributed by atoms with E-state index in [2.05, 4.69) is 15.1 Å². The molecule has 0 fully saturated rings. The number of carboxylic acid groups (broad SMARTS) is 1. The summed E-state index contributed by atoms with van der Waals surface area (Å²) in [7, 11) is 0. The van der Waals surface area contributed by atoms with Crippen LogP contribution in [0.1, 0.15) is 15.9 Å². The molecule has 0 aliphatic heterocycles. The van der Waals surface area contributed by atoms with E-state index in [4.69, 9.17) is 5.11 Å². The fraction of sp³-hybridized carbons (Fsp3) is 0.0769. The lowest BCUT2D eigenvalue weighted by molar-refractivity contribution is 0.0696. The summed E-state index contributed by atoms with van der Waals surface area (Å²) in [6.45, 7) is 0.552. The van der Waals surface area contributed by atoms with Crippen molar-refractivity contribution in [1.29, 1.82) is 0 Å². The van der Waals surface area contributed by atoms with Gasteiger partial charge in [0.15, 0.2) is 5.65 Å². The van der Waals surface area contributed by atoms with E-state index in [0.29, 0.717) is 17.6 Å². The normalized spacial score (nSPS) is 10.7. The van der Waals surface area contributed by atoms with E-state index >= 15 is 0 Å². The van der Waals surface area contributed by atoms with Crippen LogP contribution in [0.2, 0.25) is 0 Å². The number of aromatic carboxylic acids is 1. The molecule has 0 aromatic carbocycles. The Morgan fingerprint density at radius 3 is 2.95 bits per heavy atom. The average Bonchev–Trinajstić information content (AvgIpc) is 2.82. The van der Waals surface area contributed by atoms with Crippen molar-refractivity contribution in [2.75, 3.05) is 0 Å². The first kappa shape index (κ1) is 11.3. The van der Waals surface area contributed by atoms with Gasteiger partial charge in [-0.05, 0) is 17.7 Å². The van der Waals surface area contributed by atoms with Crippen LogP contribution in [0, 0.1) is 0 Å². The molecule has 0 saturated carbocycles. The first-order chi connectivity index (χ1) is 9.24. The van der Waals surface area contributed by atoms with Crippen LogP contribution < -0.4 is 0 Å². The van der Waals surface area contributed by atoms with Gasteiger partial charge in [0.2, 0.25) is 0 Å². The van der Waals surface area contributed by atoms with Crippen LogP contribution in [-0.2, 0) is 6.54 Å². The molecule has 6 heteroatoms. The maximum atomic E-state index is 10.9. The number of aromatic nitrogens is 4. The van der Waals surface area contributed by atoms with E-state index in [0.717, 1.165) is 5.56 Å². The lowest BCUT2D eigenvalue weighted by atomic mass is 10.2. The third-order valence-electron chi connectivity index (χ3n) is 2.78. The van der Waals surface area contributed by atoms with Crippen LogP contribution >= 0.6 is 0 Å². The van der Waals surface area contributed by atoms with Crippen molar-refractivity contribution >= 4 is 17.0 Å². The number of hydrogen-bond acceptors (Lipinski definition) is 4. The van der Waals surface area contributed by atoms with Crippen LogP contribution in [0.5, 0.6) is 0 Å². The third kappa shape index (κ3) is 2.15. The quantitative estimate of drug-likeness (QED) is 0.767. The molecule has 3 heterocycles. The second-order valence-corrected chi connectivity index (χ2v) is 4.11. The Bertz CT molecular complexity index is 737. The van der Waals surface area contributed by atoms with Gasteiger partial charge in [-0.2, -0.15) is 5.10 Å². The number of nitrogens with zero attached hydrogens (tertiary/aromatic N) is 4. The molecule has 94 valence electrons. The molecule has 19 heavy (non-hydrogen) atoms. The first-order valence-corrected chi connectivity index (χ1v) is 5.68. The highest BCUT2D eigenvalue weighted by molar-refractivity contribution is 5.91. The topological polar surface area (TPSA) is 80.9 Å². The van der Waals surface area contributed by atoms with Crippen LogP contribution in [0.15, 0.2) is 43.0 Å². The molecule has 3 aromatic heterocycles. The summed E-state index contributed by atoms with van der Waals surface area (Å²) in [6, 6.07) is 5.38. The molecule has 0 atom stereocenters. The summed E-state index contributed by atoms with van der Waals surface area (Å²) in [4.78, 5) is 19.1. The first-order valence-electron chi connectivity index (χ1n) is 5.68. The molecule has 0 bridgehead atoms.